The van der Waals surface area contributed by atoms with Gasteiger partial charge in [-0.1, -0.05) is 68.7 Å². The van der Waals surface area contributed by atoms with Crippen LogP contribution >= 0.6 is 0 Å². The van der Waals surface area contributed by atoms with Crippen molar-refractivity contribution in [2.24, 2.45) is 11.8 Å². The number of unbranched alkanes of at least 4 members (excludes halogenated alkanes) is 2. The summed E-state index contributed by atoms with van der Waals surface area (Å²) in [6, 6.07) is 17.7. The van der Waals surface area contributed by atoms with E-state index in [1.54, 1.807) is 7.11 Å². The minimum absolute atomic E-state index is 0.0591. The highest BCUT2D eigenvalue weighted by Gasteiger charge is 2.40. The third-order valence-electron chi connectivity index (χ3n) is 6.10. The van der Waals surface area contributed by atoms with E-state index >= 15 is 0 Å². The number of carbonyl (C=O) groups is 2. The molecule has 0 radical (unpaired) electrons. The first-order chi connectivity index (χ1) is 15.1. The molecule has 1 aliphatic heterocycles. The van der Waals surface area contributed by atoms with E-state index in [4.69, 9.17) is 4.74 Å². The largest absolute Gasteiger partial charge is 0.497 e. The number of benzene rings is 2. The Morgan fingerprint density at radius 2 is 1.81 bits per heavy atom. The van der Waals surface area contributed by atoms with Gasteiger partial charge >= 0.3 is 0 Å². The van der Waals surface area contributed by atoms with Crippen LogP contribution in [0, 0.1) is 11.8 Å². The maximum absolute atomic E-state index is 13.2. The normalized spacial score (nSPS) is 18.3. The van der Waals surface area contributed by atoms with E-state index in [2.05, 4.69) is 12.2 Å². The molecule has 2 aromatic carbocycles. The van der Waals surface area contributed by atoms with Gasteiger partial charge in [0.15, 0.2) is 0 Å². The van der Waals surface area contributed by atoms with Gasteiger partial charge in [0.1, 0.15) is 5.75 Å². The Morgan fingerprint density at radius 3 is 2.48 bits per heavy atom. The molecule has 5 nitrogen and oxygen atoms in total. The summed E-state index contributed by atoms with van der Waals surface area (Å²) >= 11 is 0. The number of hydrogen-bond acceptors (Lipinski definition) is 3. The highest BCUT2D eigenvalue weighted by molar-refractivity contribution is 5.87. The van der Waals surface area contributed by atoms with E-state index in [0.29, 0.717) is 13.1 Å². The highest BCUT2D eigenvalue weighted by atomic mass is 16.5. The average molecular weight is 423 g/mol. The first kappa shape index (κ1) is 22.9. The summed E-state index contributed by atoms with van der Waals surface area (Å²) in [5.41, 5.74) is 2.14. The fourth-order valence-corrected chi connectivity index (χ4v) is 4.30. The van der Waals surface area contributed by atoms with Crippen molar-refractivity contribution in [3.05, 3.63) is 65.7 Å². The first-order valence-electron chi connectivity index (χ1n) is 11.3. The van der Waals surface area contributed by atoms with Gasteiger partial charge in [0.2, 0.25) is 11.8 Å². The molecule has 0 aliphatic carbocycles. The quantitative estimate of drug-likeness (QED) is 0.540. The standard InChI is InChI=1S/C26H34N2O3/c1-3-4-6-11-22-19-28(18-21-9-7-5-8-10-21)26(30)24(22)16-25(29)27-17-20-12-14-23(31-2)15-13-20/h5,7-10,12-15,22,24H,3-4,6,11,16-19H2,1-2H3,(H,27,29)/t22-,24+/m0/s1. The molecule has 2 amide bonds. The molecule has 1 N–H and O–H groups in total. The lowest BCUT2D eigenvalue weighted by Crippen LogP contribution is -2.31. The Bertz CT molecular complexity index is 835. The number of nitrogens with zero attached hydrogens (tertiary/aromatic N) is 1. The van der Waals surface area contributed by atoms with Gasteiger partial charge in [-0.15, -0.1) is 0 Å². The molecule has 0 saturated carbocycles. The van der Waals surface area contributed by atoms with Gasteiger partial charge in [0.25, 0.3) is 0 Å². The lowest BCUT2D eigenvalue weighted by Gasteiger charge is -2.16. The van der Waals surface area contributed by atoms with Crippen LogP contribution in [0.1, 0.15) is 50.2 Å². The molecule has 2 aromatic rings. The maximum Gasteiger partial charge on any atom is 0.226 e. The minimum atomic E-state index is -0.226. The number of nitrogens with one attached hydrogen (secondary N) is 1. The van der Waals surface area contributed by atoms with E-state index in [9.17, 15) is 9.59 Å². The summed E-state index contributed by atoms with van der Waals surface area (Å²) in [4.78, 5) is 27.8. The smallest absolute Gasteiger partial charge is 0.226 e. The summed E-state index contributed by atoms with van der Waals surface area (Å²) < 4.78 is 5.17. The fraction of sp³-hybridized carbons (Fsp3) is 0.462. The number of ether oxygens (including phenoxy) is 1. The predicted octanol–water partition coefficient (Wildman–Crippen LogP) is 4.56. The number of carbonyl (C=O) groups excluding carboxylic acids is 2. The van der Waals surface area contributed by atoms with Crippen molar-refractivity contribution in [3.8, 4) is 5.75 Å². The van der Waals surface area contributed by atoms with Crippen LogP contribution in [0.2, 0.25) is 0 Å². The topological polar surface area (TPSA) is 58.6 Å². The summed E-state index contributed by atoms with van der Waals surface area (Å²) in [6.45, 7) is 4.01. The van der Waals surface area contributed by atoms with Crippen LogP contribution in [-0.4, -0.2) is 30.4 Å². The molecule has 166 valence electrons. The molecule has 5 heteroatoms. The first-order valence-corrected chi connectivity index (χ1v) is 11.3. The number of hydrogen-bond donors (Lipinski definition) is 1. The van der Waals surface area contributed by atoms with Gasteiger partial charge in [0, 0.05) is 26.1 Å². The molecule has 1 aliphatic rings. The third kappa shape index (κ3) is 6.58. The van der Waals surface area contributed by atoms with Crippen LogP contribution in [0.4, 0.5) is 0 Å². The van der Waals surface area contributed by atoms with Gasteiger partial charge < -0.3 is 15.0 Å². The van der Waals surface area contributed by atoms with Crippen molar-refractivity contribution in [2.75, 3.05) is 13.7 Å². The van der Waals surface area contributed by atoms with E-state index < -0.39 is 0 Å². The highest BCUT2D eigenvalue weighted by Crippen LogP contribution is 2.32. The van der Waals surface area contributed by atoms with Crippen molar-refractivity contribution in [1.82, 2.24) is 10.2 Å². The molecule has 1 heterocycles. The van der Waals surface area contributed by atoms with Crippen LogP contribution in [0.3, 0.4) is 0 Å². The Morgan fingerprint density at radius 1 is 1.06 bits per heavy atom. The summed E-state index contributed by atoms with van der Waals surface area (Å²) in [7, 11) is 1.63. The van der Waals surface area contributed by atoms with Crippen molar-refractivity contribution < 1.29 is 14.3 Å². The van der Waals surface area contributed by atoms with Gasteiger partial charge in [-0.05, 0) is 35.6 Å². The maximum atomic E-state index is 13.2. The van der Waals surface area contributed by atoms with Gasteiger partial charge in [0.05, 0.1) is 13.0 Å². The SMILES string of the molecule is CCCCC[C@H]1CN(Cc2ccccc2)C(=O)[C@@H]1CC(=O)NCc1ccc(OC)cc1. The number of rotatable bonds is 11. The fourth-order valence-electron chi connectivity index (χ4n) is 4.30. The minimum Gasteiger partial charge on any atom is -0.497 e. The van der Waals surface area contributed by atoms with Crippen molar-refractivity contribution in [1.29, 1.82) is 0 Å². The molecule has 0 unspecified atom stereocenters. The van der Waals surface area contributed by atoms with E-state index in [-0.39, 0.29) is 30.1 Å². The molecular weight excluding hydrogens is 388 g/mol. The summed E-state index contributed by atoms with van der Waals surface area (Å²) in [5.74, 6) is 0.868. The Kier molecular flexibility index (Phi) is 8.51. The van der Waals surface area contributed by atoms with Crippen molar-refractivity contribution in [3.63, 3.8) is 0 Å². The molecular formula is C26H34N2O3. The average Bonchev–Trinajstić information content (AvgIpc) is 3.08. The lowest BCUT2D eigenvalue weighted by molar-refractivity contribution is -0.134. The Hall–Kier alpha value is -2.82. The molecule has 0 spiro atoms. The molecule has 31 heavy (non-hydrogen) atoms. The molecule has 1 fully saturated rings. The summed E-state index contributed by atoms with van der Waals surface area (Å²) in [5, 5.41) is 2.99. The number of likely N-dealkylation sites (tertiary alicyclic amines) is 1. The van der Waals surface area contributed by atoms with E-state index in [0.717, 1.165) is 42.7 Å². The number of amides is 2. The molecule has 0 aromatic heterocycles. The van der Waals surface area contributed by atoms with E-state index in [1.807, 2.05) is 59.5 Å². The lowest BCUT2D eigenvalue weighted by atomic mass is 9.87. The van der Waals surface area contributed by atoms with Crippen molar-refractivity contribution >= 4 is 11.8 Å². The Labute approximate surface area is 185 Å². The number of methoxy groups -OCH3 is 1. The third-order valence-corrected chi connectivity index (χ3v) is 6.10. The second-order valence-corrected chi connectivity index (χ2v) is 8.40. The molecule has 1 saturated heterocycles. The van der Waals surface area contributed by atoms with E-state index in [1.165, 1.54) is 6.42 Å². The zero-order valence-electron chi connectivity index (χ0n) is 18.7. The van der Waals surface area contributed by atoms with Crippen LogP contribution in [0.25, 0.3) is 0 Å². The zero-order chi connectivity index (χ0) is 22.1. The predicted molar refractivity (Wildman–Crippen MR) is 122 cm³/mol. The van der Waals surface area contributed by atoms with Gasteiger partial charge in [-0.25, -0.2) is 0 Å². The van der Waals surface area contributed by atoms with Gasteiger partial charge in [-0.3, -0.25) is 9.59 Å². The molecule has 0 bridgehead atoms. The van der Waals surface area contributed by atoms with Crippen molar-refractivity contribution in [2.45, 2.75) is 52.1 Å². The zero-order valence-corrected chi connectivity index (χ0v) is 18.7. The van der Waals surface area contributed by atoms with Gasteiger partial charge in [-0.2, -0.15) is 0 Å². The van der Waals surface area contributed by atoms with Crippen LogP contribution in [0.5, 0.6) is 5.75 Å². The molecule has 2 atom stereocenters. The molecule has 3 rings (SSSR count). The van der Waals surface area contributed by atoms with Crippen LogP contribution in [0.15, 0.2) is 54.6 Å². The second-order valence-electron chi connectivity index (χ2n) is 8.40. The Balaban J connectivity index is 1.59. The second kappa shape index (κ2) is 11.5. The monoisotopic (exact) mass is 422 g/mol. The summed E-state index contributed by atoms with van der Waals surface area (Å²) in [6.07, 6.45) is 4.69. The van der Waals surface area contributed by atoms with Crippen LogP contribution in [-0.2, 0) is 22.7 Å². The van der Waals surface area contributed by atoms with Crippen LogP contribution < -0.4 is 10.1 Å².